The number of aromatic nitrogens is 1. The van der Waals surface area contributed by atoms with Crippen LogP contribution in [0.5, 0.6) is 0 Å². The summed E-state index contributed by atoms with van der Waals surface area (Å²) < 4.78 is 0. The highest BCUT2D eigenvalue weighted by Gasteiger charge is 2.21. The number of nitrogens with one attached hydrogen (secondary N) is 2. The third kappa shape index (κ3) is 5.65. The van der Waals surface area contributed by atoms with E-state index in [4.69, 9.17) is 22.3 Å². The average molecular weight is 378 g/mol. The highest BCUT2D eigenvalue weighted by molar-refractivity contribution is 5.94. The van der Waals surface area contributed by atoms with Crippen LogP contribution in [-0.4, -0.2) is 16.7 Å². The van der Waals surface area contributed by atoms with E-state index in [2.05, 4.69) is 23.2 Å². The average Bonchev–Trinajstić information content (AvgIpc) is 2.71. The number of nitrogens with zero attached hydrogens (tertiary/aromatic N) is 1. The Kier molecular flexibility index (Phi) is 6.80. The lowest BCUT2D eigenvalue weighted by molar-refractivity contribution is 0.244. The summed E-state index contributed by atoms with van der Waals surface area (Å²) in [4.78, 5) is 4.27. The molecule has 1 aromatic carbocycles. The van der Waals surface area contributed by atoms with Crippen molar-refractivity contribution in [3.8, 4) is 0 Å². The van der Waals surface area contributed by atoms with Gasteiger partial charge in [-0.2, -0.15) is 0 Å². The Bertz CT molecular complexity index is 727. The van der Waals surface area contributed by atoms with Gasteiger partial charge in [0.15, 0.2) is 0 Å². The number of hydrogen-bond acceptors (Lipinski definition) is 3. The zero-order chi connectivity index (χ0) is 19.9. The Labute approximate surface area is 167 Å². The van der Waals surface area contributed by atoms with Gasteiger partial charge in [0.1, 0.15) is 17.4 Å². The number of benzene rings is 1. The van der Waals surface area contributed by atoms with E-state index < -0.39 is 0 Å². The van der Waals surface area contributed by atoms with Crippen molar-refractivity contribution in [3.63, 3.8) is 0 Å². The smallest absolute Gasteiger partial charge is 0.141 e. The van der Waals surface area contributed by atoms with E-state index in [0.717, 1.165) is 30.2 Å². The van der Waals surface area contributed by atoms with Gasteiger partial charge >= 0.3 is 0 Å². The Morgan fingerprint density at radius 2 is 1.46 bits per heavy atom. The van der Waals surface area contributed by atoms with Gasteiger partial charge in [0.2, 0.25) is 0 Å². The Morgan fingerprint density at radius 3 is 2.00 bits per heavy atom. The van der Waals surface area contributed by atoms with Crippen molar-refractivity contribution in [1.29, 1.82) is 10.8 Å². The van der Waals surface area contributed by atoms with Crippen molar-refractivity contribution in [2.24, 2.45) is 23.3 Å². The maximum absolute atomic E-state index is 7.48. The molecular weight excluding hydrogens is 346 g/mol. The van der Waals surface area contributed by atoms with Gasteiger partial charge in [-0.15, -0.1) is 0 Å². The first-order chi connectivity index (χ1) is 13.5. The number of hydrogen-bond donors (Lipinski definition) is 4. The van der Waals surface area contributed by atoms with Crippen molar-refractivity contribution in [1.82, 2.24) is 4.98 Å². The highest BCUT2D eigenvalue weighted by atomic mass is 14.8. The van der Waals surface area contributed by atoms with Crippen LogP contribution in [-0.2, 0) is 12.8 Å². The molecule has 0 aliphatic heterocycles. The van der Waals surface area contributed by atoms with Gasteiger partial charge in [0, 0.05) is 11.8 Å². The molecule has 0 saturated heterocycles. The molecule has 1 aromatic heterocycles. The SMILES string of the molecule is N=C(N)c1ccc(CC[C@@H]2CCC[C@H](CCc3ccc(C(=N)N)nc3)C2)cc1. The lowest BCUT2D eigenvalue weighted by Gasteiger charge is -2.29. The van der Waals surface area contributed by atoms with Crippen LogP contribution in [0.2, 0.25) is 0 Å². The van der Waals surface area contributed by atoms with Crippen LogP contribution >= 0.6 is 0 Å². The van der Waals surface area contributed by atoms with Crippen molar-refractivity contribution >= 4 is 11.7 Å². The number of nitrogens with two attached hydrogens (primary N) is 2. The third-order valence-corrected chi connectivity index (χ3v) is 5.94. The predicted octanol–water partition coefficient (Wildman–Crippen LogP) is 4.02. The molecule has 1 fully saturated rings. The number of nitrogen functional groups attached to an aromatic ring is 2. The topological polar surface area (TPSA) is 113 Å². The first kappa shape index (κ1) is 20.1. The van der Waals surface area contributed by atoms with E-state index in [1.54, 1.807) is 0 Å². The van der Waals surface area contributed by atoms with Crippen LogP contribution in [0.25, 0.3) is 0 Å². The molecule has 5 heteroatoms. The van der Waals surface area contributed by atoms with Crippen molar-refractivity contribution < 1.29 is 0 Å². The lowest BCUT2D eigenvalue weighted by atomic mass is 9.77. The van der Waals surface area contributed by atoms with E-state index in [0.29, 0.717) is 5.69 Å². The second-order valence-electron chi connectivity index (χ2n) is 8.05. The number of pyridine rings is 1. The molecule has 2 aromatic rings. The number of amidine groups is 2. The molecular formula is C23H31N5. The minimum atomic E-state index is 0.0256. The molecule has 6 N–H and O–H groups in total. The summed E-state index contributed by atoms with van der Waals surface area (Å²) in [7, 11) is 0. The molecule has 2 atom stereocenters. The van der Waals surface area contributed by atoms with Gasteiger partial charge in [0.05, 0.1) is 0 Å². The number of aryl methyl sites for hydroxylation is 2. The summed E-state index contributed by atoms with van der Waals surface area (Å²) >= 11 is 0. The zero-order valence-corrected chi connectivity index (χ0v) is 16.5. The maximum Gasteiger partial charge on any atom is 0.141 e. The summed E-state index contributed by atoms with van der Waals surface area (Å²) in [6.45, 7) is 0. The van der Waals surface area contributed by atoms with Crippen LogP contribution in [0.15, 0.2) is 42.6 Å². The van der Waals surface area contributed by atoms with Crippen LogP contribution in [0, 0.1) is 22.7 Å². The quantitative estimate of drug-likeness (QED) is 0.411. The molecule has 1 heterocycles. The summed E-state index contributed by atoms with van der Waals surface area (Å²) in [6.07, 6.45) is 11.8. The van der Waals surface area contributed by atoms with E-state index >= 15 is 0 Å². The normalized spacial score (nSPS) is 19.3. The van der Waals surface area contributed by atoms with E-state index in [1.807, 2.05) is 24.4 Å². The molecule has 0 amide bonds. The summed E-state index contributed by atoms with van der Waals surface area (Å²) in [5.41, 5.74) is 14.9. The van der Waals surface area contributed by atoms with Crippen LogP contribution < -0.4 is 11.5 Å². The van der Waals surface area contributed by atoms with E-state index in [1.165, 1.54) is 49.7 Å². The minimum Gasteiger partial charge on any atom is -0.384 e. The first-order valence-corrected chi connectivity index (χ1v) is 10.2. The fourth-order valence-electron chi connectivity index (χ4n) is 4.25. The molecule has 1 saturated carbocycles. The third-order valence-electron chi connectivity index (χ3n) is 5.94. The molecule has 5 nitrogen and oxygen atoms in total. The Hall–Kier alpha value is -2.69. The predicted molar refractivity (Wildman–Crippen MR) is 115 cm³/mol. The molecule has 28 heavy (non-hydrogen) atoms. The molecule has 0 spiro atoms. The summed E-state index contributed by atoms with van der Waals surface area (Å²) in [5.74, 6) is 1.76. The standard InChI is InChI=1S/C23H31N5/c24-22(25)20-11-8-16(9-12-20)4-5-17-2-1-3-18(14-17)6-7-19-10-13-21(23(26)27)28-15-19/h8-13,15,17-18H,1-7,14H2,(H3,24,25)(H3,26,27)/t17-,18+/m0/s1. The Balaban J connectivity index is 1.44. The molecule has 1 aliphatic carbocycles. The van der Waals surface area contributed by atoms with Gasteiger partial charge in [0.25, 0.3) is 0 Å². The van der Waals surface area contributed by atoms with Gasteiger partial charge < -0.3 is 11.5 Å². The second-order valence-corrected chi connectivity index (χ2v) is 8.05. The van der Waals surface area contributed by atoms with Crippen molar-refractivity contribution in [3.05, 3.63) is 65.0 Å². The molecule has 0 bridgehead atoms. The largest absolute Gasteiger partial charge is 0.384 e. The molecule has 0 radical (unpaired) electrons. The summed E-state index contributed by atoms with van der Waals surface area (Å²) in [5, 5.41) is 14.9. The molecule has 0 unspecified atom stereocenters. The summed E-state index contributed by atoms with van der Waals surface area (Å²) in [6, 6.07) is 12.0. The van der Waals surface area contributed by atoms with Gasteiger partial charge in [-0.1, -0.05) is 49.6 Å². The molecule has 148 valence electrons. The van der Waals surface area contributed by atoms with Crippen molar-refractivity contribution in [2.45, 2.75) is 51.4 Å². The fourth-order valence-corrected chi connectivity index (χ4v) is 4.25. The van der Waals surface area contributed by atoms with E-state index in [-0.39, 0.29) is 11.7 Å². The minimum absolute atomic E-state index is 0.0256. The zero-order valence-electron chi connectivity index (χ0n) is 16.5. The van der Waals surface area contributed by atoms with Gasteiger partial charge in [-0.05, 0) is 61.1 Å². The van der Waals surface area contributed by atoms with Gasteiger partial charge in [-0.3, -0.25) is 15.8 Å². The second kappa shape index (κ2) is 9.49. The number of rotatable bonds is 8. The lowest BCUT2D eigenvalue weighted by Crippen LogP contribution is -2.17. The van der Waals surface area contributed by atoms with Crippen LogP contribution in [0.1, 0.15) is 60.9 Å². The van der Waals surface area contributed by atoms with Gasteiger partial charge in [-0.25, -0.2) is 0 Å². The molecule has 1 aliphatic rings. The first-order valence-electron chi connectivity index (χ1n) is 10.2. The van der Waals surface area contributed by atoms with Crippen molar-refractivity contribution in [2.75, 3.05) is 0 Å². The fraction of sp³-hybridized carbons (Fsp3) is 0.435. The Morgan fingerprint density at radius 1 is 0.857 bits per heavy atom. The highest BCUT2D eigenvalue weighted by Crippen LogP contribution is 2.34. The maximum atomic E-state index is 7.48. The monoisotopic (exact) mass is 377 g/mol. The molecule has 3 rings (SSSR count). The van der Waals surface area contributed by atoms with Crippen LogP contribution in [0.3, 0.4) is 0 Å². The van der Waals surface area contributed by atoms with E-state index in [9.17, 15) is 0 Å². The van der Waals surface area contributed by atoms with Crippen LogP contribution in [0.4, 0.5) is 0 Å².